The number of benzene rings is 10. The van der Waals surface area contributed by atoms with Crippen LogP contribution in [0.25, 0.3) is 53.9 Å². The van der Waals surface area contributed by atoms with Gasteiger partial charge in [-0.2, -0.15) is 0 Å². The number of anilines is 6. The van der Waals surface area contributed by atoms with E-state index in [0.717, 1.165) is 34.1 Å². The van der Waals surface area contributed by atoms with E-state index in [-0.39, 0.29) is 10.8 Å². The highest BCUT2D eigenvalue weighted by Crippen LogP contribution is 2.49. The van der Waals surface area contributed by atoms with Gasteiger partial charge in [-0.1, -0.05) is 149 Å². The topological polar surface area (TPSA) is 6.48 Å². The van der Waals surface area contributed by atoms with Gasteiger partial charge in [0.1, 0.15) is 0 Å². The molecule has 2 heteroatoms. The van der Waals surface area contributed by atoms with Gasteiger partial charge in [0.25, 0.3) is 0 Å². The third-order valence-corrected chi connectivity index (χ3v) is 13.4. The van der Waals surface area contributed by atoms with E-state index in [2.05, 4.69) is 249 Å². The van der Waals surface area contributed by atoms with Crippen LogP contribution >= 0.6 is 0 Å². The molecule has 10 aromatic carbocycles. The molecule has 0 saturated heterocycles. The molecule has 0 aliphatic carbocycles. The molecule has 0 aliphatic heterocycles. The molecule has 0 aliphatic rings. The van der Waals surface area contributed by atoms with Crippen LogP contribution in [0.3, 0.4) is 0 Å². The molecule has 64 heavy (non-hydrogen) atoms. The molecule has 0 radical (unpaired) electrons. The van der Waals surface area contributed by atoms with Crippen LogP contribution in [-0.4, -0.2) is 0 Å². The Morgan fingerprint density at radius 2 is 0.484 bits per heavy atom. The minimum Gasteiger partial charge on any atom is -0.310 e. The highest BCUT2D eigenvalue weighted by atomic mass is 15.1. The lowest BCUT2D eigenvalue weighted by atomic mass is 9.81. The first-order valence-electron chi connectivity index (χ1n) is 22.8. The van der Waals surface area contributed by atoms with E-state index < -0.39 is 0 Å². The smallest absolute Gasteiger partial charge is 0.0468 e. The fourth-order valence-corrected chi connectivity index (χ4v) is 9.63. The second kappa shape index (κ2) is 15.4. The monoisotopic (exact) mass is 830 g/mol. The van der Waals surface area contributed by atoms with Gasteiger partial charge in [-0.3, -0.25) is 0 Å². The van der Waals surface area contributed by atoms with Gasteiger partial charge in [0.15, 0.2) is 0 Å². The van der Waals surface area contributed by atoms with Gasteiger partial charge in [-0.15, -0.1) is 0 Å². The normalized spacial score (nSPS) is 12.2. The maximum Gasteiger partial charge on any atom is 0.0468 e. The fourth-order valence-electron chi connectivity index (χ4n) is 9.63. The van der Waals surface area contributed by atoms with Crippen molar-refractivity contribution in [1.29, 1.82) is 0 Å². The molecule has 316 valence electrons. The van der Waals surface area contributed by atoms with E-state index >= 15 is 0 Å². The van der Waals surface area contributed by atoms with Crippen molar-refractivity contribution in [2.45, 2.75) is 80.1 Å². The molecule has 0 unspecified atom stereocenters. The molecule has 0 atom stereocenters. The average Bonchev–Trinajstić information content (AvgIpc) is 3.28. The van der Waals surface area contributed by atoms with E-state index in [9.17, 15) is 0 Å². The summed E-state index contributed by atoms with van der Waals surface area (Å²) < 4.78 is 0. The molecule has 0 N–H and O–H groups in total. The Bertz CT molecular complexity index is 3070. The Hall–Kier alpha value is -6.90. The molecule has 0 spiro atoms. The van der Waals surface area contributed by atoms with Crippen molar-refractivity contribution >= 4 is 88.0 Å². The van der Waals surface area contributed by atoms with Crippen molar-refractivity contribution < 1.29 is 0 Å². The summed E-state index contributed by atoms with van der Waals surface area (Å²) in [6.07, 6.45) is 0. The van der Waals surface area contributed by atoms with Gasteiger partial charge in [0.2, 0.25) is 0 Å². The zero-order valence-corrected chi connectivity index (χ0v) is 39.1. The van der Waals surface area contributed by atoms with E-state index in [1.54, 1.807) is 0 Å². The summed E-state index contributed by atoms with van der Waals surface area (Å²) >= 11 is 0. The summed E-state index contributed by atoms with van der Waals surface area (Å²) in [6.45, 7) is 22.6. The standard InChI is InChI=1S/C62H58N2/c1-39-11-21-45(22-12-39)63(46-23-13-40(2)14-24-46)49-29-33-53-57(37-49)55-35-43(61(5,6)7)19-31-51(55)60-54-34-30-50(38-58(54)56-36-44(62(8,9)10)20-32-52(56)59(53)60)64(47-25-15-41(3)16-26-47)48-27-17-42(4)18-28-48/h11-38H,1-10H3. The molecule has 10 aromatic rings. The van der Waals surface area contributed by atoms with Crippen molar-refractivity contribution in [3.8, 4) is 0 Å². The SMILES string of the molecule is Cc1ccc(N(c2ccc(C)cc2)c2ccc3c(c2)c2cc(C(C)(C)C)ccc2c2c4ccc(N(c5ccc(C)cc5)c5ccc(C)cc5)cc4c4cc(C(C)(C)C)ccc4c32)cc1. The first kappa shape index (κ1) is 41.1. The van der Waals surface area contributed by atoms with Crippen LogP contribution in [0.5, 0.6) is 0 Å². The summed E-state index contributed by atoms with van der Waals surface area (Å²) in [5.74, 6) is 0. The third-order valence-electron chi connectivity index (χ3n) is 13.4. The van der Waals surface area contributed by atoms with Gasteiger partial charge in [0, 0.05) is 34.1 Å². The second-order valence-corrected chi connectivity index (χ2v) is 20.2. The first-order chi connectivity index (χ1) is 30.6. The summed E-state index contributed by atoms with van der Waals surface area (Å²) in [5, 5.41) is 12.8. The number of rotatable bonds is 6. The second-order valence-electron chi connectivity index (χ2n) is 20.2. The average molecular weight is 831 g/mol. The van der Waals surface area contributed by atoms with E-state index in [1.807, 2.05) is 0 Å². The third kappa shape index (κ3) is 7.25. The largest absolute Gasteiger partial charge is 0.310 e. The lowest BCUT2D eigenvalue weighted by molar-refractivity contribution is 0.591. The summed E-state index contributed by atoms with van der Waals surface area (Å²) in [7, 11) is 0. The van der Waals surface area contributed by atoms with Gasteiger partial charge in [-0.05, 0) is 188 Å². The Labute approximate surface area is 379 Å². The zero-order valence-electron chi connectivity index (χ0n) is 39.1. The number of fused-ring (bicyclic) bond motifs is 11. The molecule has 2 nitrogen and oxygen atoms in total. The maximum atomic E-state index is 2.48. The summed E-state index contributed by atoms with van der Waals surface area (Å²) in [6, 6.07) is 64.6. The predicted molar refractivity (Wildman–Crippen MR) is 280 cm³/mol. The molecule has 0 heterocycles. The minimum atomic E-state index is -0.0258. The van der Waals surface area contributed by atoms with Gasteiger partial charge >= 0.3 is 0 Å². The van der Waals surface area contributed by atoms with Crippen molar-refractivity contribution in [3.05, 3.63) is 203 Å². The maximum absolute atomic E-state index is 2.48. The molecule has 0 saturated carbocycles. The van der Waals surface area contributed by atoms with Crippen LogP contribution in [0, 0.1) is 27.7 Å². The first-order valence-corrected chi connectivity index (χ1v) is 22.8. The predicted octanol–water partition coefficient (Wildman–Crippen LogP) is 18.2. The van der Waals surface area contributed by atoms with Crippen LogP contribution in [0.2, 0.25) is 0 Å². The van der Waals surface area contributed by atoms with Crippen molar-refractivity contribution in [2.75, 3.05) is 9.80 Å². The number of hydrogen-bond acceptors (Lipinski definition) is 2. The van der Waals surface area contributed by atoms with E-state index in [0.29, 0.717) is 0 Å². The van der Waals surface area contributed by atoms with Crippen LogP contribution in [0.15, 0.2) is 170 Å². The van der Waals surface area contributed by atoms with Crippen molar-refractivity contribution in [3.63, 3.8) is 0 Å². The van der Waals surface area contributed by atoms with Gasteiger partial charge in [-0.25, -0.2) is 0 Å². The lowest BCUT2D eigenvalue weighted by Gasteiger charge is -2.28. The lowest BCUT2D eigenvalue weighted by Crippen LogP contribution is -2.11. The Morgan fingerprint density at radius 1 is 0.250 bits per heavy atom. The molecule has 0 amide bonds. The Balaban J connectivity index is 1.33. The minimum absolute atomic E-state index is 0.0258. The number of aryl methyl sites for hydroxylation is 4. The van der Waals surface area contributed by atoms with Crippen LogP contribution in [0.4, 0.5) is 34.1 Å². The Morgan fingerprint density at radius 3 is 0.750 bits per heavy atom. The van der Waals surface area contributed by atoms with Crippen LogP contribution < -0.4 is 9.80 Å². The van der Waals surface area contributed by atoms with E-state index in [4.69, 9.17) is 0 Å². The van der Waals surface area contributed by atoms with Gasteiger partial charge < -0.3 is 9.80 Å². The van der Waals surface area contributed by atoms with Crippen LogP contribution in [0.1, 0.15) is 74.9 Å². The summed E-state index contributed by atoms with van der Waals surface area (Å²) in [4.78, 5) is 4.82. The number of nitrogens with zero attached hydrogens (tertiary/aromatic N) is 2. The molecule has 0 fully saturated rings. The quantitative estimate of drug-likeness (QED) is 0.154. The molecule has 0 aromatic heterocycles. The highest BCUT2D eigenvalue weighted by Gasteiger charge is 2.24. The fraction of sp³-hybridized carbons (Fsp3) is 0.194. The van der Waals surface area contributed by atoms with Crippen molar-refractivity contribution in [1.82, 2.24) is 0 Å². The summed E-state index contributed by atoms with van der Waals surface area (Å²) in [5.41, 5.74) is 14.4. The Kier molecular flexibility index (Phi) is 9.91. The van der Waals surface area contributed by atoms with Crippen LogP contribution in [-0.2, 0) is 10.8 Å². The molecule has 10 rings (SSSR count). The highest BCUT2D eigenvalue weighted by molar-refractivity contribution is 6.40. The molecule has 0 bridgehead atoms. The number of hydrogen-bond donors (Lipinski definition) is 0. The molecular weight excluding hydrogens is 773 g/mol. The van der Waals surface area contributed by atoms with Crippen molar-refractivity contribution in [2.24, 2.45) is 0 Å². The van der Waals surface area contributed by atoms with Gasteiger partial charge in [0.05, 0.1) is 0 Å². The zero-order chi connectivity index (χ0) is 44.7. The van der Waals surface area contributed by atoms with E-state index in [1.165, 1.54) is 87.2 Å². The molecular formula is C62H58N2.